The summed E-state index contributed by atoms with van der Waals surface area (Å²) in [4.78, 5) is 0. The van der Waals surface area contributed by atoms with Gasteiger partial charge in [-0.25, -0.2) is 4.68 Å². The van der Waals surface area contributed by atoms with Crippen molar-refractivity contribution in [3.8, 4) is 5.75 Å². The van der Waals surface area contributed by atoms with Crippen LogP contribution in [0, 0.1) is 0 Å². The molecule has 0 aliphatic rings. The Hall–Kier alpha value is -1.98. The lowest BCUT2D eigenvalue weighted by molar-refractivity contribution is 0.418. The third-order valence-electron chi connectivity index (χ3n) is 2.20. The van der Waals surface area contributed by atoms with Crippen LogP contribution in [-0.4, -0.2) is 29.9 Å². The van der Waals surface area contributed by atoms with Crippen molar-refractivity contribution in [2.24, 2.45) is 0 Å². The minimum Gasteiger partial charge on any atom is -0.497 e. The van der Waals surface area contributed by atoms with Crippen molar-refractivity contribution in [1.29, 1.82) is 0 Å². The van der Waals surface area contributed by atoms with E-state index in [1.165, 1.54) is 0 Å². The Bertz CT molecular complexity index is 497. The van der Waals surface area contributed by atoms with Crippen LogP contribution in [0.5, 0.6) is 5.75 Å². The first-order valence-electron chi connectivity index (χ1n) is 4.77. The van der Waals surface area contributed by atoms with Gasteiger partial charge in [0.05, 0.1) is 19.9 Å². The molecule has 0 aliphatic carbocycles. The van der Waals surface area contributed by atoms with Crippen molar-refractivity contribution in [2.75, 3.05) is 12.8 Å². The smallest absolute Gasteiger partial charge is 0.165 e. The van der Waals surface area contributed by atoms with Crippen LogP contribution >= 0.6 is 0 Å². The van der Waals surface area contributed by atoms with Gasteiger partial charge in [0.15, 0.2) is 5.82 Å². The number of aromatic nitrogens is 3. The second-order valence-corrected chi connectivity index (χ2v) is 3.42. The SMILES string of the molecule is [B]c1cc(Cn2cc(N)nn2)ccc1OC. The first-order chi connectivity index (χ1) is 7.69. The predicted molar refractivity (Wildman–Crippen MR) is 61.9 cm³/mol. The average Bonchev–Trinajstić information content (AvgIpc) is 2.64. The highest BCUT2D eigenvalue weighted by Crippen LogP contribution is 2.09. The third kappa shape index (κ3) is 2.16. The molecule has 0 aliphatic heterocycles. The molecule has 80 valence electrons. The molecule has 0 spiro atoms. The summed E-state index contributed by atoms with van der Waals surface area (Å²) in [6, 6.07) is 5.59. The molecule has 0 atom stereocenters. The molecule has 16 heavy (non-hydrogen) atoms. The lowest BCUT2D eigenvalue weighted by Gasteiger charge is -2.07. The van der Waals surface area contributed by atoms with Gasteiger partial charge < -0.3 is 10.5 Å². The Morgan fingerprint density at radius 3 is 2.88 bits per heavy atom. The number of nitrogens with two attached hydrogens (primary N) is 1. The van der Waals surface area contributed by atoms with Crippen LogP contribution in [0.15, 0.2) is 24.4 Å². The lowest BCUT2D eigenvalue weighted by atomic mass is 9.93. The summed E-state index contributed by atoms with van der Waals surface area (Å²) in [5.74, 6) is 1.07. The normalized spacial score (nSPS) is 10.3. The van der Waals surface area contributed by atoms with Crippen molar-refractivity contribution in [1.82, 2.24) is 15.0 Å². The first kappa shape index (κ1) is 10.5. The van der Waals surface area contributed by atoms with Crippen LogP contribution in [-0.2, 0) is 6.54 Å². The van der Waals surface area contributed by atoms with Gasteiger partial charge in [-0.3, -0.25) is 0 Å². The van der Waals surface area contributed by atoms with Gasteiger partial charge in [0.25, 0.3) is 0 Å². The van der Waals surface area contributed by atoms with Gasteiger partial charge in [0, 0.05) is 0 Å². The van der Waals surface area contributed by atoms with Gasteiger partial charge in [-0.05, 0) is 11.6 Å². The third-order valence-corrected chi connectivity index (χ3v) is 2.20. The van der Waals surface area contributed by atoms with Crippen LogP contribution in [0.25, 0.3) is 0 Å². The molecule has 0 amide bonds. The Morgan fingerprint density at radius 1 is 1.50 bits per heavy atom. The number of hydrogen-bond donors (Lipinski definition) is 1. The molecule has 2 rings (SSSR count). The zero-order valence-corrected chi connectivity index (χ0v) is 8.92. The fourth-order valence-electron chi connectivity index (χ4n) is 1.46. The van der Waals surface area contributed by atoms with E-state index in [-0.39, 0.29) is 0 Å². The number of hydrogen-bond acceptors (Lipinski definition) is 4. The molecule has 0 saturated heterocycles. The van der Waals surface area contributed by atoms with Crippen molar-refractivity contribution in [3.63, 3.8) is 0 Å². The number of benzene rings is 1. The van der Waals surface area contributed by atoms with Crippen LogP contribution in [0.2, 0.25) is 0 Å². The van der Waals surface area contributed by atoms with E-state index in [1.807, 2.05) is 18.2 Å². The zero-order chi connectivity index (χ0) is 11.5. The molecule has 1 aromatic carbocycles. The topological polar surface area (TPSA) is 66.0 Å². The van der Waals surface area contributed by atoms with E-state index in [2.05, 4.69) is 10.3 Å². The van der Waals surface area contributed by atoms with Crippen LogP contribution in [0.3, 0.4) is 0 Å². The van der Waals surface area contributed by atoms with Crippen molar-refractivity contribution < 1.29 is 4.74 Å². The van der Waals surface area contributed by atoms with E-state index in [0.29, 0.717) is 23.6 Å². The van der Waals surface area contributed by atoms with Crippen LogP contribution < -0.4 is 15.9 Å². The molecule has 6 heteroatoms. The minimum atomic E-state index is 0.404. The molecule has 2 radical (unpaired) electrons. The van der Waals surface area contributed by atoms with Crippen LogP contribution in [0.1, 0.15) is 5.56 Å². The maximum atomic E-state index is 5.80. The quantitative estimate of drug-likeness (QED) is 0.713. The van der Waals surface area contributed by atoms with Gasteiger partial charge >= 0.3 is 0 Å². The number of nitrogens with zero attached hydrogens (tertiary/aromatic N) is 3. The molecular weight excluding hydrogens is 203 g/mol. The second kappa shape index (κ2) is 4.26. The highest BCUT2D eigenvalue weighted by molar-refractivity contribution is 6.34. The number of nitrogen functional groups attached to an aromatic ring is 1. The molecule has 0 saturated carbocycles. The highest BCUT2D eigenvalue weighted by Gasteiger charge is 2.01. The molecule has 2 aromatic rings. The molecule has 1 heterocycles. The summed E-state index contributed by atoms with van der Waals surface area (Å²) in [6.45, 7) is 0.582. The Balaban J connectivity index is 2.19. The van der Waals surface area contributed by atoms with Crippen LogP contribution in [0.4, 0.5) is 5.82 Å². The fraction of sp³-hybridized carbons (Fsp3) is 0.200. The van der Waals surface area contributed by atoms with Gasteiger partial charge in [0.1, 0.15) is 13.6 Å². The molecular formula is C10H11BN4O. The summed E-state index contributed by atoms with van der Waals surface area (Å²) in [5.41, 5.74) is 7.09. The Labute approximate surface area is 94.6 Å². The standard InChI is InChI=1S/C10H11BN4O/c1-16-9-3-2-7(4-8(9)11)5-15-6-10(12)13-14-15/h2-4,6H,5,12H2,1H3. The molecule has 0 bridgehead atoms. The summed E-state index contributed by atoms with van der Waals surface area (Å²) in [5, 5.41) is 7.56. The monoisotopic (exact) mass is 214 g/mol. The molecule has 0 unspecified atom stereocenters. The highest BCUT2D eigenvalue weighted by atomic mass is 16.5. The predicted octanol–water partition coefficient (Wildman–Crippen LogP) is -0.289. The van der Waals surface area contributed by atoms with Crippen molar-refractivity contribution in [3.05, 3.63) is 30.0 Å². The van der Waals surface area contributed by atoms with E-state index in [0.717, 1.165) is 5.56 Å². The van der Waals surface area contributed by atoms with Gasteiger partial charge in [-0.2, -0.15) is 0 Å². The van der Waals surface area contributed by atoms with Gasteiger partial charge in [0.2, 0.25) is 0 Å². The van der Waals surface area contributed by atoms with Crippen molar-refractivity contribution >= 4 is 19.1 Å². The summed E-state index contributed by atoms with van der Waals surface area (Å²) in [6.07, 6.45) is 1.67. The molecule has 2 N–H and O–H groups in total. The van der Waals surface area contributed by atoms with Gasteiger partial charge in [-0.15, -0.1) is 5.10 Å². The molecule has 0 fully saturated rings. The average molecular weight is 214 g/mol. The summed E-state index contributed by atoms with van der Waals surface area (Å²) < 4.78 is 6.72. The van der Waals surface area contributed by atoms with E-state index < -0.39 is 0 Å². The van der Waals surface area contributed by atoms with E-state index in [9.17, 15) is 0 Å². The van der Waals surface area contributed by atoms with Gasteiger partial charge in [-0.1, -0.05) is 22.8 Å². The Morgan fingerprint density at radius 2 is 2.31 bits per heavy atom. The van der Waals surface area contributed by atoms with E-state index in [4.69, 9.17) is 18.3 Å². The van der Waals surface area contributed by atoms with E-state index in [1.54, 1.807) is 18.0 Å². The van der Waals surface area contributed by atoms with Crippen molar-refractivity contribution in [2.45, 2.75) is 6.54 Å². The zero-order valence-electron chi connectivity index (χ0n) is 8.92. The first-order valence-corrected chi connectivity index (χ1v) is 4.77. The number of rotatable bonds is 3. The van der Waals surface area contributed by atoms with E-state index >= 15 is 0 Å². The number of anilines is 1. The fourth-order valence-corrected chi connectivity index (χ4v) is 1.46. The lowest BCUT2D eigenvalue weighted by Crippen LogP contribution is -2.10. The number of ether oxygens (including phenoxy) is 1. The minimum absolute atomic E-state index is 0.404. The maximum Gasteiger partial charge on any atom is 0.165 e. The largest absolute Gasteiger partial charge is 0.497 e. The summed E-state index contributed by atoms with van der Waals surface area (Å²) >= 11 is 0. The molecule has 1 aromatic heterocycles. The molecule has 5 nitrogen and oxygen atoms in total. The summed E-state index contributed by atoms with van der Waals surface area (Å²) in [7, 11) is 7.38. The number of methoxy groups -OCH3 is 1. The second-order valence-electron chi connectivity index (χ2n) is 3.42. The maximum absolute atomic E-state index is 5.80. The Kier molecular flexibility index (Phi) is 2.81.